The molecule has 0 atom stereocenters. The lowest BCUT2D eigenvalue weighted by molar-refractivity contribution is -0.122. The van der Waals surface area contributed by atoms with Crippen molar-refractivity contribution in [1.29, 1.82) is 0 Å². The molecule has 2 amide bonds. The molecule has 4 rings (SSSR count). The summed E-state index contributed by atoms with van der Waals surface area (Å²) in [7, 11) is 0. The van der Waals surface area contributed by atoms with Gasteiger partial charge in [-0.15, -0.1) is 0 Å². The van der Waals surface area contributed by atoms with E-state index in [2.05, 4.69) is 10.4 Å². The number of para-hydroxylation sites is 1. The molecule has 0 spiro atoms. The molecular weight excluding hydrogens is 340 g/mol. The van der Waals surface area contributed by atoms with Crippen LogP contribution in [0.1, 0.15) is 61.9 Å². The van der Waals surface area contributed by atoms with Gasteiger partial charge in [0, 0.05) is 24.5 Å². The highest BCUT2D eigenvalue weighted by molar-refractivity contribution is 6.05. The number of hydrogen-bond donors (Lipinski definition) is 1. The van der Waals surface area contributed by atoms with Crippen LogP contribution in [-0.2, 0) is 11.3 Å². The van der Waals surface area contributed by atoms with Crippen molar-refractivity contribution in [3.63, 3.8) is 0 Å². The van der Waals surface area contributed by atoms with Crippen LogP contribution in [-0.4, -0.2) is 45.6 Å². The van der Waals surface area contributed by atoms with E-state index in [4.69, 9.17) is 0 Å². The van der Waals surface area contributed by atoms with Crippen LogP contribution in [0, 0.1) is 0 Å². The van der Waals surface area contributed by atoms with Crippen molar-refractivity contribution in [2.75, 3.05) is 13.1 Å². The monoisotopic (exact) mass is 368 g/mol. The highest BCUT2D eigenvalue weighted by Gasteiger charge is 2.25. The molecule has 1 aliphatic carbocycles. The Morgan fingerprint density at radius 2 is 1.70 bits per heavy atom. The van der Waals surface area contributed by atoms with Crippen molar-refractivity contribution in [2.45, 2.75) is 64.0 Å². The quantitative estimate of drug-likeness (QED) is 0.843. The van der Waals surface area contributed by atoms with Gasteiger partial charge in [-0.25, -0.2) is 0 Å². The van der Waals surface area contributed by atoms with Crippen molar-refractivity contribution in [1.82, 2.24) is 20.0 Å². The van der Waals surface area contributed by atoms with Gasteiger partial charge in [0.15, 0.2) is 5.69 Å². The number of carbonyl (C=O) groups excluding carboxylic acids is 2. The number of fused-ring (bicyclic) bond motifs is 1. The molecule has 0 bridgehead atoms. The molecule has 2 heterocycles. The molecule has 1 saturated heterocycles. The van der Waals surface area contributed by atoms with Crippen LogP contribution in [0.3, 0.4) is 0 Å². The fourth-order valence-corrected chi connectivity index (χ4v) is 4.31. The van der Waals surface area contributed by atoms with E-state index in [1.807, 2.05) is 29.2 Å². The van der Waals surface area contributed by atoms with E-state index in [0.29, 0.717) is 5.69 Å². The lowest BCUT2D eigenvalue weighted by Gasteiger charge is -2.16. The van der Waals surface area contributed by atoms with Crippen molar-refractivity contribution in [3.05, 3.63) is 30.0 Å². The van der Waals surface area contributed by atoms with Crippen LogP contribution in [0.2, 0.25) is 0 Å². The zero-order valence-corrected chi connectivity index (χ0v) is 15.8. The molecule has 27 heavy (non-hydrogen) atoms. The summed E-state index contributed by atoms with van der Waals surface area (Å²) < 4.78 is 1.69. The smallest absolute Gasteiger partial charge is 0.275 e. The van der Waals surface area contributed by atoms with E-state index in [0.717, 1.165) is 49.7 Å². The van der Waals surface area contributed by atoms with E-state index < -0.39 is 0 Å². The standard InChI is InChI=1S/C21H28N4O2/c26-19(22-16-9-3-1-2-4-10-16)15-25-18-12-6-5-11-17(18)20(23-25)21(27)24-13-7-8-14-24/h5-6,11-12,16H,1-4,7-10,13-15H2,(H,22,26). The Kier molecular flexibility index (Phi) is 5.41. The van der Waals surface area contributed by atoms with Gasteiger partial charge in [0.1, 0.15) is 6.54 Å². The predicted octanol–water partition coefficient (Wildman–Crippen LogP) is 3.11. The van der Waals surface area contributed by atoms with E-state index >= 15 is 0 Å². The summed E-state index contributed by atoms with van der Waals surface area (Å²) in [6.07, 6.45) is 9.11. The van der Waals surface area contributed by atoms with Crippen LogP contribution in [0.5, 0.6) is 0 Å². The lowest BCUT2D eigenvalue weighted by Crippen LogP contribution is -2.37. The summed E-state index contributed by atoms with van der Waals surface area (Å²) in [6.45, 7) is 1.74. The average Bonchev–Trinajstić information content (AvgIpc) is 3.25. The highest BCUT2D eigenvalue weighted by Crippen LogP contribution is 2.22. The van der Waals surface area contributed by atoms with Crippen molar-refractivity contribution in [2.24, 2.45) is 0 Å². The SMILES string of the molecule is O=C(Cn1nc(C(=O)N2CCCC2)c2ccccc21)NC1CCCCCC1. The van der Waals surface area contributed by atoms with Gasteiger partial charge in [0.2, 0.25) is 5.91 Å². The number of nitrogens with one attached hydrogen (secondary N) is 1. The van der Waals surface area contributed by atoms with Crippen LogP contribution >= 0.6 is 0 Å². The molecule has 2 aromatic rings. The summed E-state index contributed by atoms with van der Waals surface area (Å²) in [5.74, 6) is -0.0399. The minimum atomic E-state index is -0.0216. The van der Waals surface area contributed by atoms with Gasteiger partial charge in [-0.1, -0.05) is 43.9 Å². The van der Waals surface area contributed by atoms with Gasteiger partial charge in [-0.05, 0) is 31.7 Å². The number of aromatic nitrogens is 2. The topological polar surface area (TPSA) is 67.2 Å². The molecular formula is C21H28N4O2. The first-order valence-electron chi connectivity index (χ1n) is 10.3. The number of hydrogen-bond acceptors (Lipinski definition) is 3. The number of likely N-dealkylation sites (tertiary alicyclic amines) is 1. The molecule has 1 aliphatic heterocycles. The Labute approximate surface area is 159 Å². The van der Waals surface area contributed by atoms with Gasteiger partial charge in [0.25, 0.3) is 5.91 Å². The van der Waals surface area contributed by atoms with Crippen LogP contribution in [0.25, 0.3) is 10.9 Å². The molecule has 144 valence electrons. The van der Waals surface area contributed by atoms with E-state index in [-0.39, 0.29) is 24.4 Å². The third kappa shape index (κ3) is 3.99. The highest BCUT2D eigenvalue weighted by atomic mass is 16.2. The third-order valence-electron chi connectivity index (χ3n) is 5.77. The van der Waals surface area contributed by atoms with Crippen molar-refractivity contribution in [3.8, 4) is 0 Å². The molecule has 2 fully saturated rings. The third-order valence-corrected chi connectivity index (χ3v) is 5.77. The molecule has 1 aromatic carbocycles. The zero-order valence-electron chi connectivity index (χ0n) is 15.8. The van der Waals surface area contributed by atoms with Gasteiger partial charge in [0.05, 0.1) is 5.52 Å². The van der Waals surface area contributed by atoms with Gasteiger partial charge < -0.3 is 10.2 Å². The normalized spacial score (nSPS) is 18.6. The molecule has 0 unspecified atom stereocenters. The molecule has 1 saturated carbocycles. The van der Waals surface area contributed by atoms with Crippen molar-refractivity contribution < 1.29 is 9.59 Å². The molecule has 2 aliphatic rings. The maximum atomic E-state index is 12.9. The minimum absolute atomic E-state index is 0.0182. The Hall–Kier alpha value is -2.37. The van der Waals surface area contributed by atoms with E-state index in [1.165, 1.54) is 25.7 Å². The first kappa shape index (κ1) is 18.0. The van der Waals surface area contributed by atoms with E-state index in [1.54, 1.807) is 4.68 Å². The molecule has 1 aromatic heterocycles. The van der Waals surface area contributed by atoms with Gasteiger partial charge in [-0.2, -0.15) is 5.10 Å². The van der Waals surface area contributed by atoms with Crippen LogP contribution in [0.4, 0.5) is 0 Å². The first-order valence-corrected chi connectivity index (χ1v) is 10.3. The number of carbonyl (C=O) groups is 2. The number of amides is 2. The molecule has 6 heteroatoms. The minimum Gasteiger partial charge on any atom is -0.352 e. The summed E-state index contributed by atoms with van der Waals surface area (Å²) >= 11 is 0. The van der Waals surface area contributed by atoms with Crippen molar-refractivity contribution >= 4 is 22.7 Å². The summed E-state index contributed by atoms with van der Waals surface area (Å²) in [4.78, 5) is 27.3. The zero-order chi connectivity index (χ0) is 18.6. The second-order valence-corrected chi connectivity index (χ2v) is 7.78. The summed E-state index contributed by atoms with van der Waals surface area (Å²) in [5.41, 5.74) is 1.31. The largest absolute Gasteiger partial charge is 0.352 e. The Morgan fingerprint density at radius 1 is 1.00 bits per heavy atom. The van der Waals surface area contributed by atoms with Gasteiger partial charge in [-0.3, -0.25) is 14.3 Å². The maximum absolute atomic E-state index is 12.9. The van der Waals surface area contributed by atoms with Crippen LogP contribution in [0.15, 0.2) is 24.3 Å². The fourth-order valence-electron chi connectivity index (χ4n) is 4.31. The molecule has 0 radical (unpaired) electrons. The number of benzene rings is 1. The Bertz CT molecular complexity index is 815. The number of nitrogens with zero attached hydrogens (tertiary/aromatic N) is 3. The summed E-state index contributed by atoms with van der Waals surface area (Å²) in [5, 5.41) is 8.55. The molecule has 6 nitrogen and oxygen atoms in total. The van der Waals surface area contributed by atoms with E-state index in [9.17, 15) is 9.59 Å². The second kappa shape index (κ2) is 8.11. The maximum Gasteiger partial charge on any atom is 0.275 e. The second-order valence-electron chi connectivity index (χ2n) is 7.78. The predicted molar refractivity (Wildman–Crippen MR) is 105 cm³/mol. The van der Waals surface area contributed by atoms with Crippen LogP contribution < -0.4 is 5.32 Å². The Balaban J connectivity index is 1.52. The van der Waals surface area contributed by atoms with Gasteiger partial charge >= 0.3 is 0 Å². The molecule has 1 N–H and O–H groups in total. The average molecular weight is 368 g/mol. The summed E-state index contributed by atoms with van der Waals surface area (Å²) in [6, 6.07) is 7.97. The Morgan fingerprint density at radius 3 is 2.44 bits per heavy atom. The lowest BCUT2D eigenvalue weighted by atomic mass is 10.1. The fraction of sp³-hybridized carbons (Fsp3) is 0.571. The number of rotatable bonds is 4. The first-order chi connectivity index (χ1) is 13.2.